The number of aliphatic hydroxyl groups excluding tert-OH is 1. The topological polar surface area (TPSA) is 88.5 Å². The van der Waals surface area contributed by atoms with E-state index in [9.17, 15) is 21.9 Å². The number of rotatable bonds is 7. The maximum atomic E-state index is 11.2. The third kappa shape index (κ3) is 5.67. The van der Waals surface area contributed by atoms with Gasteiger partial charge in [0.25, 0.3) is 0 Å². The van der Waals surface area contributed by atoms with Gasteiger partial charge in [-0.15, -0.1) is 0 Å². The average Bonchev–Trinajstić information content (AvgIpc) is 2.57. The van der Waals surface area contributed by atoms with Gasteiger partial charge in [-0.05, 0) is 31.6 Å². The summed E-state index contributed by atoms with van der Waals surface area (Å²) in [7, 11) is -5.86. The van der Waals surface area contributed by atoms with Gasteiger partial charge < -0.3 is 5.11 Å². The number of hydrogen-bond donors (Lipinski definition) is 1. The lowest BCUT2D eigenvalue weighted by molar-refractivity contribution is 0.136. The second kappa shape index (κ2) is 6.34. The van der Waals surface area contributed by atoms with Crippen LogP contribution in [0.2, 0.25) is 0 Å². The number of sulfone groups is 2. The molecule has 1 saturated heterocycles. The fraction of sp³-hybridized carbons (Fsp3) is 1.00. The summed E-state index contributed by atoms with van der Waals surface area (Å²) in [6.45, 7) is 1.61. The summed E-state index contributed by atoms with van der Waals surface area (Å²) in [6.07, 6.45) is 1.36. The van der Waals surface area contributed by atoms with Gasteiger partial charge in [0.05, 0.1) is 23.4 Å². The zero-order chi connectivity index (χ0) is 13.8. The zero-order valence-corrected chi connectivity index (χ0v) is 12.3. The van der Waals surface area contributed by atoms with E-state index >= 15 is 0 Å². The molecule has 18 heavy (non-hydrogen) atoms. The average molecular weight is 298 g/mol. The first-order chi connectivity index (χ1) is 8.24. The van der Waals surface area contributed by atoms with E-state index in [2.05, 4.69) is 0 Å². The molecule has 108 valence electrons. The first-order valence-electron chi connectivity index (χ1n) is 6.33. The van der Waals surface area contributed by atoms with Crippen molar-refractivity contribution in [2.24, 2.45) is 5.92 Å². The summed E-state index contributed by atoms with van der Waals surface area (Å²) in [6, 6.07) is 0. The lowest BCUT2D eigenvalue weighted by atomic mass is 9.99. The van der Waals surface area contributed by atoms with E-state index in [-0.39, 0.29) is 28.9 Å². The smallest absolute Gasteiger partial charge is 0.150 e. The van der Waals surface area contributed by atoms with Crippen molar-refractivity contribution in [3.8, 4) is 0 Å². The quantitative estimate of drug-likeness (QED) is 0.734. The van der Waals surface area contributed by atoms with Crippen LogP contribution < -0.4 is 0 Å². The summed E-state index contributed by atoms with van der Waals surface area (Å²) < 4.78 is 45.0. The Hall–Kier alpha value is -0.140. The summed E-state index contributed by atoms with van der Waals surface area (Å²) >= 11 is 0. The van der Waals surface area contributed by atoms with Gasteiger partial charge in [0.2, 0.25) is 0 Å². The predicted octanol–water partition coefficient (Wildman–Crippen LogP) is 0.387. The molecule has 7 heteroatoms. The molecule has 2 unspecified atom stereocenters. The van der Waals surface area contributed by atoms with Crippen LogP contribution in [0.3, 0.4) is 0 Å². The molecule has 1 fully saturated rings. The highest BCUT2D eigenvalue weighted by atomic mass is 32.2. The molecule has 0 saturated carbocycles. The van der Waals surface area contributed by atoms with Crippen LogP contribution in [0.1, 0.15) is 32.6 Å². The first-order valence-corrected chi connectivity index (χ1v) is 9.97. The van der Waals surface area contributed by atoms with Crippen LogP contribution in [-0.2, 0) is 19.7 Å². The monoisotopic (exact) mass is 298 g/mol. The van der Waals surface area contributed by atoms with Gasteiger partial charge in [-0.3, -0.25) is 0 Å². The summed E-state index contributed by atoms with van der Waals surface area (Å²) in [5.41, 5.74) is 0. The van der Waals surface area contributed by atoms with E-state index in [1.54, 1.807) is 6.92 Å². The molecule has 0 amide bonds. The molecule has 5 nitrogen and oxygen atoms in total. The molecule has 0 bridgehead atoms. The Morgan fingerprint density at radius 3 is 2.56 bits per heavy atom. The van der Waals surface area contributed by atoms with Crippen LogP contribution in [-0.4, -0.2) is 51.1 Å². The minimum atomic E-state index is -2.97. The molecule has 0 radical (unpaired) electrons. The van der Waals surface area contributed by atoms with Gasteiger partial charge in [-0.2, -0.15) is 0 Å². The highest BCUT2D eigenvalue weighted by molar-refractivity contribution is 7.91. The standard InChI is InChI=1S/C11H22O5S2/c1-2-17(13,14)6-3-4-11(12)8-10-5-7-18(15,16)9-10/h10-12H,2-9H2,1H3. The summed E-state index contributed by atoms with van der Waals surface area (Å²) in [4.78, 5) is 0. The van der Waals surface area contributed by atoms with Crippen molar-refractivity contribution in [1.29, 1.82) is 0 Å². The highest BCUT2D eigenvalue weighted by Crippen LogP contribution is 2.24. The van der Waals surface area contributed by atoms with Crippen LogP contribution >= 0.6 is 0 Å². The summed E-state index contributed by atoms with van der Waals surface area (Å²) in [5, 5.41) is 9.76. The second-order valence-electron chi connectivity index (χ2n) is 5.04. The molecular formula is C11H22O5S2. The van der Waals surface area contributed by atoms with Gasteiger partial charge >= 0.3 is 0 Å². The van der Waals surface area contributed by atoms with E-state index in [1.165, 1.54) is 0 Å². The van der Waals surface area contributed by atoms with Gasteiger partial charge in [0.15, 0.2) is 9.84 Å². The minimum Gasteiger partial charge on any atom is -0.393 e. The molecule has 1 aliphatic heterocycles. The third-order valence-corrected chi connectivity index (χ3v) is 6.99. The largest absolute Gasteiger partial charge is 0.393 e. The van der Waals surface area contributed by atoms with E-state index in [4.69, 9.17) is 0 Å². The molecule has 2 atom stereocenters. The molecule has 0 aromatic carbocycles. The SMILES string of the molecule is CCS(=O)(=O)CCCC(O)CC1CCS(=O)(=O)C1. The molecule has 0 aromatic heterocycles. The van der Waals surface area contributed by atoms with Crippen LogP contribution in [0, 0.1) is 5.92 Å². The van der Waals surface area contributed by atoms with Crippen LogP contribution in [0.25, 0.3) is 0 Å². The van der Waals surface area contributed by atoms with E-state index < -0.39 is 25.8 Å². The van der Waals surface area contributed by atoms with E-state index in [0.29, 0.717) is 25.7 Å². The Morgan fingerprint density at radius 2 is 2.06 bits per heavy atom. The molecule has 1 rings (SSSR count). The van der Waals surface area contributed by atoms with Crippen molar-refractivity contribution in [2.45, 2.75) is 38.7 Å². The highest BCUT2D eigenvalue weighted by Gasteiger charge is 2.29. The Kier molecular flexibility index (Phi) is 5.61. The molecule has 0 spiro atoms. The minimum absolute atomic E-state index is 0.0350. The maximum Gasteiger partial charge on any atom is 0.150 e. The molecular weight excluding hydrogens is 276 g/mol. The maximum absolute atomic E-state index is 11.2. The van der Waals surface area contributed by atoms with Gasteiger partial charge in [-0.1, -0.05) is 6.92 Å². The Balaban J connectivity index is 2.25. The van der Waals surface area contributed by atoms with Crippen LogP contribution in [0.5, 0.6) is 0 Å². The van der Waals surface area contributed by atoms with E-state index in [1.807, 2.05) is 0 Å². The van der Waals surface area contributed by atoms with E-state index in [0.717, 1.165) is 0 Å². The van der Waals surface area contributed by atoms with Gasteiger partial charge in [0.1, 0.15) is 9.84 Å². The zero-order valence-electron chi connectivity index (χ0n) is 10.7. The second-order valence-corrected chi connectivity index (χ2v) is 9.74. The molecule has 0 aromatic rings. The van der Waals surface area contributed by atoms with Crippen molar-refractivity contribution in [1.82, 2.24) is 0 Å². The van der Waals surface area contributed by atoms with Crippen molar-refractivity contribution >= 4 is 19.7 Å². The lowest BCUT2D eigenvalue weighted by Gasteiger charge is -2.14. The number of aliphatic hydroxyl groups is 1. The Labute approximate surface area is 109 Å². The van der Waals surface area contributed by atoms with Gasteiger partial charge in [-0.25, -0.2) is 16.8 Å². The Bertz CT molecular complexity index is 452. The molecule has 1 N–H and O–H groups in total. The van der Waals surface area contributed by atoms with Gasteiger partial charge in [0, 0.05) is 5.75 Å². The molecule has 1 heterocycles. The number of hydrogen-bond acceptors (Lipinski definition) is 5. The van der Waals surface area contributed by atoms with Crippen molar-refractivity contribution in [2.75, 3.05) is 23.0 Å². The van der Waals surface area contributed by atoms with Crippen molar-refractivity contribution < 1.29 is 21.9 Å². The first kappa shape index (κ1) is 15.9. The third-order valence-electron chi connectivity index (χ3n) is 3.36. The van der Waals surface area contributed by atoms with Crippen molar-refractivity contribution in [3.63, 3.8) is 0 Å². The Morgan fingerprint density at radius 1 is 1.39 bits per heavy atom. The fourth-order valence-electron chi connectivity index (χ4n) is 2.24. The lowest BCUT2D eigenvalue weighted by Crippen LogP contribution is -2.17. The van der Waals surface area contributed by atoms with Crippen molar-refractivity contribution in [3.05, 3.63) is 0 Å². The molecule has 1 aliphatic rings. The molecule has 0 aliphatic carbocycles. The predicted molar refractivity (Wildman–Crippen MR) is 70.9 cm³/mol. The van der Waals surface area contributed by atoms with Crippen LogP contribution in [0.15, 0.2) is 0 Å². The normalized spacial score (nSPS) is 25.1. The fourth-order valence-corrected chi connectivity index (χ4v) is 5.02. The van der Waals surface area contributed by atoms with Crippen LogP contribution in [0.4, 0.5) is 0 Å². The summed E-state index contributed by atoms with van der Waals surface area (Å²) in [5.74, 6) is 0.646.